The Morgan fingerprint density at radius 1 is 1.07 bits per heavy atom. The minimum Gasteiger partial charge on any atom is -0.343 e. The van der Waals surface area contributed by atoms with Crippen LogP contribution in [-0.4, -0.2) is 83.8 Å². The molecule has 1 N–H and O–H groups in total. The predicted octanol–water partition coefficient (Wildman–Crippen LogP) is 2.03. The van der Waals surface area contributed by atoms with Crippen molar-refractivity contribution in [1.29, 1.82) is 0 Å². The second-order valence-corrected chi connectivity index (χ2v) is 9.33. The number of hydrogen-bond acceptors (Lipinski definition) is 4. The number of piperidine rings is 1. The van der Waals surface area contributed by atoms with Gasteiger partial charge in [-0.1, -0.05) is 26.3 Å². The largest absolute Gasteiger partial charge is 0.343 e. The number of likely N-dealkylation sites (N-methyl/N-ethyl adjacent to an activating group) is 1. The lowest BCUT2D eigenvalue weighted by Gasteiger charge is -2.38. The molecule has 0 aromatic rings. The number of carbonyl (C=O) groups is 3. The maximum absolute atomic E-state index is 13.1. The molecule has 3 amide bonds. The molecule has 2 unspecified atom stereocenters. The van der Waals surface area contributed by atoms with Crippen LogP contribution in [-0.2, 0) is 14.4 Å². The van der Waals surface area contributed by atoms with Gasteiger partial charge in [0, 0.05) is 38.3 Å². The SMILES string of the molecule is C/C(=C\CN(C)C(=O)C(NC(=O)C1CCCCN1C(C)C)C(C)C)C(=O)N1CCC1. The molecule has 2 rings (SSSR count). The zero-order chi connectivity index (χ0) is 22.4. The highest BCUT2D eigenvalue weighted by molar-refractivity contribution is 5.93. The van der Waals surface area contributed by atoms with E-state index in [-0.39, 0.29) is 29.7 Å². The normalized spacial score (nSPS) is 21.4. The standard InChI is InChI=1S/C23H40N4O3/c1-16(2)20(24-21(28)19-10-7-8-14-27(19)17(3)4)23(30)25(6)15-11-18(5)22(29)26-12-9-13-26/h11,16-17,19-20H,7-10,12-15H2,1-6H3,(H,24,28)/b18-11+. The average molecular weight is 421 g/mol. The van der Waals surface area contributed by atoms with Crippen LogP contribution in [0.3, 0.4) is 0 Å². The highest BCUT2D eigenvalue weighted by atomic mass is 16.2. The summed E-state index contributed by atoms with van der Waals surface area (Å²) in [5.74, 6) is -0.149. The number of nitrogens with zero attached hydrogens (tertiary/aromatic N) is 3. The summed E-state index contributed by atoms with van der Waals surface area (Å²) in [6.07, 6.45) is 5.84. The van der Waals surface area contributed by atoms with Gasteiger partial charge in [0.15, 0.2) is 0 Å². The van der Waals surface area contributed by atoms with Crippen LogP contribution in [0.25, 0.3) is 0 Å². The van der Waals surface area contributed by atoms with Crippen LogP contribution < -0.4 is 5.32 Å². The highest BCUT2D eigenvalue weighted by Crippen LogP contribution is 2.20. The summed E-state index contributed by atoms with van der Waals surface area (Å²) in [7, 11) is 1.72. The van der Waals surface area contributed by atoms with E-state index >= 15 is 0 Å². The van der Waals surface area contributed by atoms with Crippen LogP contribution in [0.4, 0.5) is 0 Å². The summed E-state index contributed by atoms with van der Waals surface area (Å²) >= 11 is 0. The van der Waals surface area contributed by atoms with E-state index in [1.807, 2.05) is 18.7 Å². The summed E-state index contributed by atoms with van der Waals surface area (Å²) in [5, 5.41) is 3.03. The molecule has 0 bridgehead atoms. The number of nitrogens with one attached hydrogen (secondary N) is 1. The van der Waals surface area contributed by atoms with Crippen molar-refractivity contribution in [2.45, 2.75) is 78.4 Å². The van der Waals surface area contributed by atoms with Gasteiger partial charge in [0.05, 0.1) is 6.04 Å². The van der Waals surface area contributed by atoms with Crippen LogP contribution in [0.1, 0.15) is 60.3 Å². The Kier molecular flexibility index (Phi) is 8.89. The van der Waals surface area contributed by atoms with E-state index in [0.717, 1.165) is 45.3 Å². The van der Waals surface area contributed by atoms with Crippen molar-refractivity contribution in [3.8, 4) is 0 Å². The van der Waals surface area contributed by atoms with Crippen molar-refractivity contribution in [3.63, 3.8) is 0 Å². The third-order valence-corrected chi connectivity index (χ3v) is 6.27. The van der Waals surface area contributed by atoms with Gasteiger partial charge in [-0.15, -0.1) is 0 Å². The Morgan fingerprint density at radius 3 is 2.27 bits per heavy atom. The van der Waals surface area contributed by atoms with E-state index in [1.165, 1.54) is 0 Å². The van der Waals surface area contributed by atoms with E-state index in [2.05, 4.69) is 24.1 Å². The number of carbonyl (C=O) groups excluding carboxylic acids is 3. The zero-order valence-electron chi connectivity index (χ0n) is 19.6. The Labute approximate surface area is 181 Å². The van der Waals surface area contributed by atoms with Gasteiger partial charge in [0.25, 0.3) is 0 Å². The van der Waals surface area contributed by atoms with Gasteiger partial charge in [0.2, 0.25) is 17.7 Å². The van der Waals surface area contributed by atoms with Crippen molar-refractivity contribution in [3.05, 3.63) is 11.6 Å². The number of rotatable bonds is 8. The van der Waals surface area contributed by atoms with Gasteiger partial charge in [-0.05, 0) is 52.5 Å². The lowest BCUT2D eigenvalue weighted by Crippen LogP contribution is -2.57. The van der Waals surface area contributed by atoms with Gasteiger partial charge >= 0.3 is 0 Å². The van der Waals surface area contributed by atoms with Crippen LogP contribution in [0, 0.1) is 5.92 Å². The van der Waals surface area contributed by atoms with E-state index in [1.54, 1.807) is 24.9 Å². The molecule has 2 aliphatic heterocycles. The molecule has 0 aromatic heterocycles. The van der Waals surface area contributed by atoms with Gasteiger partial charge in [-0.3, -0.25) is 19.3 Å². The van der Waals surface area contributed by atoms with Crippen molar-refractivity contribution in [1.82, 2.24) is 20.0 Å². The number of amides is 3. The number of hydrogen-bond donors (Lipinski definition) is 1. The lowest BCUT2D eigenvalue weighted by molar-refractivity contribution is -0.138. The molecule has 7 heteroatoms. The molecule has 170 valence electrons. The van der Waals surface area contributed by atoms with Crippen LogP contribution in [0.5, 0.6) is 0 Å². The molecule has 0 spiro atoms. The molecule has 0 aromatic carbocycles. The van der Waals surface area contributed by atoms with Crippen LogP contribution in [0.15, 0.2) is 11.6 Å². The van der Waals surface area contributed by atoms with Gasteiger partial charge in [-0.2, -0.15) is 0 Å². The molecular weight excluding hydrogens is 380 g/mol. The second kappa shape index (κ2) is 10.9. The first kappa shape index (κ1) is 24.4. The quantitative estimate of drug-likeness (QED) is 0.610. The molecule has 2 aliphatic rings. The fourth-order valence-corrected chi connectivity index (χ4v) is 4.07. The lowest BCUT2D eigenvalue weighted by atomic mass is 9.97. The maximum Gasteiger partial charge on any atom is 0.249 e. The molecule has 2 heterocycles. The van der Waals surface area contributed by atoms with Gasteiger partial charge < -0.3 is 15.1 Å². The Morgan fingerprint density at radius 2 is 1.73 bits per heavy atom. The molecule has 2 saturated heterocycles. The summed E-state index contributed by atoms with van der Waals surface area (Å²) in [4.78, 5) is 44.0. The minimum atomic E-state index is -0.571. The summed E-state index contributed by atoms with van der Waals surface area (Å²) in [5.41, 5.74) is 0.661. The maximum atomic E-state index is 13.1. The third kappa shape index (κ3) is 6.06. The molecule has 0 aliphatic carbocycles. The molecule has 0 saturated carbocycles. The molecular formula is C23H40N4O3. The fourth-order valence-electron chi connectivity index (χ4n) is 4.07. The van der Waals surface area contributed by atoms with Crippen molar-refractivity contribution in [2.24, 2.45) is 5.92 Å². The van der Waals surface area contributed by atoms with Crippen LogP contribution >= 0.6 is 0 Å². The van der Waals surface area contributed by atoms with Gasteiger partial charge in [-0.25, -0.2) is 0 Å². The molecule has 7 nitrogen and oxygen atoms in total. The topological polar surface area (TPSA) is 73.0 Å². The Bertz CT molecular complexity index is 655. The van der Waals surface area contributed by atoms with Crippen LogP contribution in [0.2, 0.25) is 0 Å². The average Bonchev–Trinajstić information content (AvgIpc) is 2.67. The third-order valence-electron chi connectivity index (χ3n) is 6.27. The van der Waals surface area contributed by atoms with Gasteiger partial charge in [0.1, 0.15) is 6.04 Å². The Balaban J connectivity index is 1.99. The van der Waals surface area contributed by atoms with Crippen molar-refractivity contribution >= 4 is 17.7 Å². The zero-order valence-corrected chi connectivity index (χ0v) is 19.6. The van der Waals surface area contributed by atoms with E-state index in [4.69, 9.17) is 0 Å². The minimum absolute atomic E-state index is 0.0206. The summed E-state index contributed by atoms with van der Waals surface area (Å²) in [6.45, 7) is 12.8. The first-order valence-corrected chi connectivity index (χ1v) is 11.4. The predicted molar refractivity (Wildman–Crippen MR) is 119 cm³/mol. The number of likely N-dealkylation sites (tertiary alicyclic amines) is 2. The monoisotopic (exact) mass is 420 g/mol. The second-order valence-electron chi connectivity index (χ2n) is 9.33. The smallest absolute Gasteiger partial charge is 0.249 e. The van der Waals surface area contributed by atoms with E-state index < -0.39 is 6.04 Å². The summed E-state index contributed by atoms with van der Waals surface area (Å²) < 4.78 is 0. The molecule has 2 fully saturated rings. The fraction of sp³-hybridized carbons (Fsp3) is 0.783. The summed E-state index contributed by atoms with van der Waals surface area (Å²) in [6, 6.07) is -0.443. The highest BCUT2D eigenvalue weighted by Gasteiger charge is 2.34. The first-order chi connectivity index (χ1) is 14.1. The van der Waals surface area contributed by atoms with E-state index in [0.29, 0.717) is 18.2 Å². The van der Waals surface area contributed by atoms with Crippen molar-refractivity contribution in [2.75, 3.05) is 33.2 Å². The molecule has 30 heavy (non-hydrogen) atoms. The molecule has 0 radical (unpaired) electrons. The molecule has 2 atom stereocenters. The first-order valence-electron chi connectivity index (χ1n) is 11.4. The van der Waals surface area contributed by atoms with Crippen molar-refractivity contribution < 1.29 is 14.4 Å². The van der Waals surface area contributed by atoms with E-state index in [9.17, 15) is 14.4 Å². The Hall–Kier alpha value is -1.89.